The molecule has 0 aromatic heterocycles. The van der Waals surface area contributed by atoms with Gasteiger partial charge in [-0.15, -0.1) is 0 Å². The minimum atomic E-state index is -0.276. The zero-order valence-electron chi connectivity index (χ0n) is 13.0. The Hall–Kier alpha value is -1.20. The first-order chi connectivity index (χ1) is 11.1. The van der Waals surface area contributed by atoms with E-state index in [2.05, 4.69) is 0 Å². The summed E-state index contributed by atoms with van der Waals surface area (Å²) in [6, 6.07) is 6.14. The van der Waals surface area contributed by atoms with E-state index in [1.54, 1.807) is 23.1 Å². The van der Waals surface area contributed by atoms with Crippen LogP contribution >= 0.6 is 24.0 Å². The topological polar surface area (TPSA) is 20.3 Å². The van der Waals surface area contributed by atoms with E-state index < -0.39 is 0 Å². The lowest BCUT2D eigenvalue weighted by Gasteiger charge is -2.23. The van der Waals surface area contributed by atoms with E-state index in [-0.39, 0.29) is 11.7 Å². The molecular weight excluding hydrogens is 329 g/mol. The van der Waals surface area contributed by atoms with Crippen LogP contribution in [0, 0.1) is 11.7 Å². The maximum atomic E-state index is 13.0. The van der Waals surface area contributed by atoms with Crippen LogP contribution in [0.2, 0.25) is 0 Å². The fraction of sp³-hybridized carbons (Fsp3) is 0.444. The number of thiocarbonyl (C=S) groups is 1. The first-order valence-corrected chi connectivity index (χ1v) is 9.37. The summed E-state index contributed by atoms with van der Waals surface area (Å²) in [7, 11) is 0. The summed E-state index contributed by atoms with van der Waals surface area (Å²) in [4.78, 5) is 14.9. The predicted octanol–water partition coefficient (Wildman–Crippen LogP) is 5.00. The number of nitrogens with zero attached hydrogens (tertiary/aromatic N) is 1. The summed E-state index contributed by atoms with van der Waals surface area (Å²) in [5, 5.41) is 0. The maximum absolute atomic E-state index is 13.0. The molecular formula is C18H20FNOS2. The van der Waals surface area contributed by atoms with Crippen LogP contribution in [0.5, 0.6) is 0 Å². The molecule has 3 rings (SSSR count). The second kappa shape index (κ2) is 7.58. The van der Waals surface area contributed by atoms with Crippen LogP contribution in [-0.2, 0) is 4.79 Å². The Morgan fingerprint density at radius 3 is 2.61 bits per heavy atom. The second-order valence-corrected chi connectivity index (χ2v) is 7.85. The van der Waals surface area contributed by atoms with Gasteiger partial charge in [0, 0.05) is 6.54 Å². The van der Waals surface area contributed by atoms with Gasteiger partial charge in [-0.1, -0.05) is 68.2 Å². The number of hydrogen-bond donors (Lipinski definition) is 0. The fourth-order valence-corrected chi connectivity index (χ4v) is 4.50. The smallest absolute Gasteiger partial charge is 0.266 e. The lowest BCUT2D eigenvalue weighted by Crippen LogP contribution is -2.30. The number of carbonyl (C=O) groups is 1. The number of hydrogen-bond acceptors (Lipinski definition) is 3. The molecule has 1 saturated heterocycles. The highest BCUT2D eigenvalue weighted by Gasteiger charge is 2.32. The van der Waals surface area contributed by atoms with Crippen molar-refractivity contribution in [3.05, 3.63) is 40.6 Å². The Kier molecular flexibility index (Phi) is 5.49. The third kappa shape index (κ3) is 4.21. The Morgan fingerprint density at radius 2 is 1.91 bits per heavy atom. The highest BCUT2D eigenvalue weighted by molar-refractivity contribution is 8.26. The summed E-state index contributed by atoms with van der Waals surface area (Å²) in [5.74, 6) is 0.441. The highest BCUT2D eigenvalue weighted by atomic mass is 32.2. The van der Waals surface area contributed by atoms with E-state index >= 15 is 0 Å². The van der Waals surface area contributed by atoms with Crippen molar-refractivity contribution in [2.45, 2.75) is 38.5 Å². The van der Waals surface area contributed by atoms with Crippen LogP contribution < -0.4 is 0 Å². The quantitative estimate of drug-likeness (QED) is 0.564. The summed E-state index contributed by atoms with van der Waals surface area (Å²) < 4.78 is 13.6. The van der Waals surface area contributed by atoms with Crippen molar-refractivity contribution in [1.82, 2.24) is 4.90 Å². The van der Waals surface area contributed by atoms with E-state index in [0.717, 1.165) is 24.4 Å². The van der Waals surface area contributed by atoms with Crippen molar-refractivity contribution < 1.29 is 9.18 Å². The maximum Gasteiger partial charge on any atom is 0.266 e. The van der Waals surface area contributed by atoms with Gasteiger partial charge in [0.15, 0.2) is 0 Å². The summed E-state index contributed by atoms with van der Waals surface area (Å²) in [6.07, 6.45) is 9.36. The molecule has 23 heavy (non-hydrogen) atoms. The number of thioether (sulfide) groups is 1. The number of rotatable bonds is 4. The third-order valence-electron chi connectivity index (χ3n) is 4.53. The molecule has 5 heteroatoms. The van der Waals surface area contributed by atoms with E-state index in [1.807, 2.05) is 0 Å². The first-order valence-electron chi connectivity index (χ1n) is 8.14. The number of benzene rings is 1. The van der Waals surface area contributed by atoms with Crippen LogP contribution in [0.15, 0.2) is 29.2 Å². The average Bonchev–Trinajstić information content (AvgIpc) is 2.82. The van der Waals surface area contributed by atoms with Gasteiger partial charge in [0.2, 0.25) is 0 Å². The molecule has 2 aliphatic rings. The minimum Gasteiger partial charge on any atom is -0.293 e. The van der Waals surface area contributed by atoms with Crippen LogP contribution in [-0.4, -0.2) is 21.7 Å². The molecule has 122 valence electrons. The van der Waals surface area contributed by atoms with Crippen LogP contribution in [0.4, 0.5) is 4.39 Å². The third-order valence-corrected chi connectivity index (χ3v) is 5.90. The second-order valence-electron chi connectivity index (χ2n) is 6.18. The van der Waals surface area contributed by atoms with Gasteiger partial charge >= 0.3 is 0 Å². The van der Waals surface area contributed by atoms with Crippen molar-refractivity contribution in [1.29, 1.82) is 0 Å². The average molecular weight is 349 g/mol. The number of carbonyl (C=O) groups excluding carboxylic acids is 1. The molecule has 1 aliphatic heterocycles. The Balaban J connectivity index is 1.63. The SMILES string of the molecule is O=C1/C(=C\c2ccc(F)cc2)SC(=S)N1CCC1CCCCC1. The minimum absolute atomic E-state index is 0.0138. The van der Waals surface area contributed by atoms with Gasteiger partial charge in [0.25, 0.3) is 5.91 Å². The standard InChI is InChI=1S/C18H20FNOS2/c19-15-8-6-14(7-9-15)12-16-17(21)20(18(22)23-16)11-10-13-4-2-1-3-5-13/h6-9,12-13H,1-5,10-11H2/b16-12+. The van der Waals surface area contributed by atoms with Crippen molar-refractivity contribution in [3.63, 3.8) is 0 Å². The van der Waals surface area contributed by atoms with E-state index in [1.165, 1.54) is 56.0 Å². The molecule has 1 aromatic rings. The summed E-state index contributed by atoms with van der Waals surface area (Å²) in [5.41, 5.74) is 0.819. The fourth-order valence-electron chi connectivity index (χ4n) is 3.19. The van der Waals surface area contributed by atoms with Crippen molar-refractivity contribution in [2.75, 3.05) is 6.54 Å². The van der Waals surface area contributed by atoms with Gasteiger partial charge in [-0.05, 0) is 36.1 Å². The van der Waals surface area contributed by atoms with E-state index in [9.17, 15) is 9.18 Å². The lowest BCUT2D eigenvalue weighted by atomic mass is 9.87. The number of halogens is 1. The van der Waals surface area contributed by atoms with Crippen LogP contribution in [0.1, 0.15) is 44.1 Å². The van der Waals surface area contributed by atoms with E-state index in [0.29, 0.717) is 9.23 Å². The van der Waals surface area contributed by atoms with E-state index in [4.69, 9.17) is 12.2 Å². The molecule has 0 N–H and O–H groups in total. The van der Waals surface area contributed by atoms with Crippen molar-refractivity contribution >= 4 is 40.3 Å². The molecule has 0 atom stereocenters. The molecule has 1 amide bonds. The van der Waals surface area contributed by atoms with Crippen molar-refractivity contribution in [2.24, 2.45) is 5.92 Å². The zero-order valence-corrected chi connectivity index (χ0v) is 14.6. The lowest BCUT2D eigenvalue weighted by molar-refractivity contribution is -0.122. The molecule has 1 aromatic carbocycles. The monoisotopic (exact) mass is 349 g/mol. The van der Waals surface area contributed by atoms with Gasteiger partial charge in [-0.3, -0.25) is 9.69 Å². The normalized spacial score (nSPS) is 21.4. The molecule has 2 fully saturated rings. The molecule has 0 unspecified atom stereocenters. The molecule has 1 saturated carbocycles. The largest absolute Gasteiger partial charge is 0.293 e. The Labute approximate surface area is 146 Å². The van der Waals surface area contributed by atoms with Gasteiger partial charge in [0.05, 0.1) is 4.91 Å². The summed E-state index contributed by atoms with van der Waals surface area (Å²) in [6.45, 7) is 0.718. The Bertz CT molecular complexity index is 620. The molecule has 0 spiro atoms. The van der Waals surface area contributed by atoms with Crippen LogP contribution in [0.25, 0.3) is 6.08 Å². The molecule has 1 aliphatic carbocycles. The molecule has 0 radical (unpaired) electrons. The molecule has 0 bridgehead atoms. The van der Waals surface area contributed by atoms with Gasteiger partial charge in [-0.2, -0.15) is 0 Å². The van der Waals surface area contributed by atoms with Gasteiger partial charge < -0.3 is 0 Å². The molecule has 1 heterocycles. The first kappa shape index (κ1) is 16.7. The van der Waals surface area contributed by atoms with Gasteiger partial charge in [-0.25, -0.2) is 4.39 Å². The molecule has 2 nitrogen and oxygen atoms in total. The van der Waals surface area contributed by atoms with Crippen molar-refractivity contribution in [3.8, 4) is 0 Å². The number of amides is 1. The zero-order chi connectivity index (χ0) is 16.2. The predicted molar refractivity (Wildman–Crippen MR) is 97.5 cm³/mol. The summed E-state index contributed by atoms with van der Waals surface area (Å²) >= 11 is 6.71. The van der Waals surface area contributed by atoms with Gasteiger partial charge in [0.1, 0.15) is 10.1 Å². The van der Waals surface area contributed by atoms with Crippen LogP contribution in [0.3, 0.4) is 0 Å². The highest BCUT2D eigenvalue weighted by Crippen LogP contribution is 2.34. The Morgan fingerprint density at radius 1 is 1.22 bits per heavy atom.